The smallest absolute Gasteiger partial charge is 0.387 e. The van der Waals surface area contributed by atoms with Crippen molar-refractivity contribution in [2.45, 2.75) is 12.9 Å². The van der Waals surface area contributed by atoms with Crippen LogP contribution in [-0.4, -0.2) is 11.3 Å². The summed E-state index contributed by atoms with van der Waals surface area (Å²) in [5, 5.41) is -0.119. The van der Waals surface area contributed by atoms with Crippen molar-refractivity contribution in [3.63, 3.8) is 0 Å². The molecule has 0 radical (unpaired) electrons. The molecule has 0 aliphatic heterocycles. The molecule has 8 heteroatoms. The summed E-state index contributed by atoms with van der Waals surface area (Å²) >= 11 is 8.54. The third kappa shape index (κ3) is 3.51. The van der Waals surface area contributed by atoms with Gasteiger partial charge in [0.15, 0.2) is 0 Å². The van der Waals surface area contributed by atoms with Gasteiger partial charge in [0.2, 0.25) is 5.88 Å². The summed E-state index contributed by atoms with van der Waals surface area (Å²) in [6.07, 6.45) is -4.81. The summed E-state index contributed by atoms with van der Waals surface area (Å²) in [5.41, 5.74) is 5.35. The van der Waals surface area contributed by atoms with E-state index in [9.17, 15) is 13.2 Å². The van der Waals surface area contributed by atoms with Crippen LogP contribution in [0.1, 0.15) is 5.56 Å². The van der Waals surface area contributed by atoms with Gasteiger partial charge in [0.05, 0.1) is 4.47 Å². The highest BCUT2D eigenvalue weighted by molar-refractivity contribution is 9.10. The van der Waals surface area contributed by atoms with E-state index in [2.05, 4.69) is 25.7 Å². The molecule has 0 bridgehead atoms. The Balaban J connectivity index is 3.11. The first-order valence-corrected chi connectivity index (χ1v) is 4.81. The fourth-order valence-corrected chi connectivity index (χ4v) is 1.33. The zero-order valence-electron chi connectivity index (χ0n) is 7.11. The Kier molecular flexibility index (Phi) is 3.80. The molecule has 0 fully saturated rings. The molecule has 0 aromatic carbocycles. The van der Waals surface area contributed by atoms with E-state index in [-0.39, 0.29) is 17.3 Å². The molecule has 0 unspecified atom stereocenters. The van der Waals surface area contributed by atoms with Crippen molar-refractivity contribution in [1.82, 2.24) is 4.98 Å². The Bertz CT molecular complexity index is 372. The second kappa shape index (κ2) is 4.54. The molecule has 2 N–H and O–H groups in total. The first-order valence-electron chi connectivity index (χ1n) is 3.64. The topological polar surface area (TPSA) is 48.1 Å². The molecular weight excluding hydrogens is 300 g/mol. The molecule has 1 heterocycles. The van der Waals surface area contributed by atoms with E-state index in [1.807, 2.05) is 0 Å². The van der Waals surface area contributed by atoms with Crippen LogP contribution in [0, 0.1) is 0 Å². The lowest BCUT2D eigenvalue weighted by atomic mass is 10.3. The molecule has 3 nitrogen and oxygen atoms in total. The van der Waals surface area contributed by atoms with Gasteiger partial charge in [-0.3, -0.25) is 0 Å². The minimum Gasteiger partial charge on any atom is -0.387 e. The molecule has 0 aliphatic rings. The van der Waals surface area contributed by atoms with Gasteiger partial charge in [-0.15, -0.1) is 13.2 Å². The Morgan fingerprint density at radius 3 is 2.60 bits per heavy atom. The Morgan fingerprint density at radius 1 is 1.53 bits per heavy atom. The highest BCUT2D eigenvalue weighted by Gasteiger charge is 2.33. The van der Waals surface area contributed by atoms with Gasteiger partial charge in [0.1, 0.15) is 5.15 Å². The van der Waals surface area contributed by atoms with Crippen molar-refractivity contribution in [3.05, 3.63) is 21.3 Å². The quantitative estimate of drug-likeness (QED) is 0.855. The summed E-state index contributed by atoms with van der Waals surface area (Å²) in [5.74, 6) is -0.627. The van der Waals surface area contributed by atoms with E-state index in [4.69, 9.17) is 17.3 Å². The van der Waals surface area contributed by atoms with E-state index in [0.29, 0.717) is 4.47 Å². The second-order valence-electron chi connectivity index (χ2n) is 2.48. The van der Waals surface area contributed by atoms with Crippen LogP contribution in [-0.2, 0) is 6.54 Å². The van der Waals surface area contributed by atoms with Crippen molar-refractivity contribution in [3.8, 4) is 5.88 Å². The molecule has 1 aromatic rings. The van der Waals surface area contributed by atoms with Crippen molar-refractivity contribution < 1.29 is 17.9 Å². The summed E-state index contributed by atoms with van der Waals surface area (Å²) in [6, 6.07) is 1.33. The number of rotatable bonds is 2. The highest BCUT2D eigenvalue weighted by Crippen LogP contribution is 2.30. The van der Waals surface area contributed by atoms with Crippen LogP contribution in [0.25, 0.3) is 0 Å². The van der Waals surface area contributed by atoms with Gasteiger partial charge < -0.3 is 10.5 Å². The zero-order valence-corrected chi connectivity index (χ0v) is 9.45. The standard InChI is InChI=1S/C7H5BrClF3N2O/c8-4-1-3(2-13)6(14-5(4)9)15-7(10,11)12/h1H,2,13H2. The monoisotopic (exact) mass is 304 g/mol. The maximum atomic E-state index is 11.9. The van der Waals surface area contributed by atoms with Gasteiger partial charge in [0.25, 0.3) is 0 Å². The van der Waals surface area contributed by atoms with E-state index in [0.717, 1.165) is 0 Å². The second-order valence-corrected chi connectivity index (χ2v) is 3.69. The fraction of sp³-hybridized carbons (Fsp3) is 0.286. The third-order valence-electron chi connectivity index (χ3n) is 1.40. The van der Waals surface area contributed by atoms with E-state index in [1.165, 1.54) is 6.07 Å². The Labute approximate surface area is 96.5 Å². The van der Waals surface area contributed by atoms with Crippen LogP contribution in [0.4, 0.5) is 13.2 Å². The zero-order chi connectivity index (χ0) is 11.6. The number of aromatic nitrogens is 1. The van der Waals surface area contributed by atoms with Crippen molar-refractivity contribution >= 4 is 27.5 Å². The van der Waals surface area contributed by atoms with Crippen LogP contribution < -0.4 is 10.5 Å². The SMILES string of the molecule is NCc1cc(Br)c(Cl)nc1OC(F)(F)F. The lowest BCUT2D eigenvalue weighted by Crippen LogP contribution is -2.19. The van der Waals surface area contributed by atoms with Gasteiger partial charge in [-0.25, -0.2) is 0 Å². The maximum absolute atomic E-state index is 11.9. The van der Waals surface area contributed by atoms with E-state index < -0.39 is 12.2 Å². The molecule has 0 atom stereocenters. The Hall–Kier alpha value is -0.530. The number of halogens is 5. The van der Waals surface area contributed by atoms with Crippen LogP contribution in [0.5, 0.6) is 5.88 Å². The van der Waals surface area contributed by atoms with Crippen LogP contribution in [0.2, 0.25) is 5.15 Å². The summed E-state index contributed by atoms with van der Waals surface area (Å²) < 4.78 is 39.8. The number of alkyl halides is 3. The van der Waals surface area contributed by atoms with Crippen LogP contribution >= 0.6 is 27.5 Å². The first-order chi connectivity index (χ1) is 6.83. The summed E-state index contributed by atoms with van der Waals surface area (Å²) in [7, 11) is 0. The number of ether oxygens (including phenoxy) is 1. The molecule has 1 aromatic heterocycles. The van der Waals surface area contributed by atoms with Crippen LogP contribution in [0.15, 0.2) is 10.5 Å². The summed E-state index contributed by atoms with van der Waals surface area (Å²) in [6.45, 7) is -0.131. The summed E-state index contributed by atoms with van der Waals surface area (Å²) in [4.78, 5) is 3.43. The predicted octanol–water partition coefficient (Wildman–Crippen LogP) is 2.85. The molecule has 0 aliphatic carbocycles. The molecule has 1 rings (SSSR count). The van der Waals surface area contributed by atoms with Gasteiger partial charge in [-0.1, -0.05) is 11.6 Å². The predicted molar refractivity (Wildman–Crippen MR) is 51.5 cm³/mol. The highest BCUT2D eigenvalue weighted by atomic mass is 79.9. The molecule has 0 saturated heterocycles. The average molecular weight is 305 g/mol. The molecule has 0 amide bonds. The van der Waals surface area contributed by atoms with E-state index >= 15 is 0 Å². The van der Waals surface area contributed by atoms with E-state index in [1.54, 1.807) is 0 Å². The molecule has 0 saturated carbocycles. The Morgan fingerprint density at radius 2 is 2.13 bits per heavy atom. The van der Waals surface area contributed by atoms with Crippen LogP contribution in [0.3, 0.4) is 0 Å². The molecule has 15 heavy (non-hydrogen) atoms. The van der Waals surface area contributed by atoms with Gasteiger partial charge in [-0.05, 0) is 22.0 Å². The number of nitrogens with zero attached hydrogens (tertiary/aromatic N) is 1. The van der Waals surface area contributed by atoms with Gasteiger partial charge >= 0.3 is 6.36 Å². The van der Waals surface area contributed by atoms with Crippen molar-refractivity contribution in [2.24, 2.45) is 5.73 Å². The van der Waals surface area contributed by atoms with Gasteiger partial charge in [-0.2, -0.15) is 4.98 Å². The first kappa shape index (κ1) is 12.5. The van der Waals surface area contributed by atoms with Crippen molar-refractivity contribution in [2.75, 3.05) is 0 Å². The lowest BCUT2D eigenvalue weighted by Gasteiger charge is -2.11. The number of hydrogen-bond donors (Lipinski definition) is 1. The molecule has 84 valence electrons. The van der Waals surface area contributed by atoms with Gasteiger partial charge in [0, 0.05) is 12.1 Å². The minimum atomic E-state index is -4.81. The normalized spacial score (nSPS) is 11.6. The third-order valence-corrected chi connectivity index (χ3v) is 2.53. The van der Waals surface area contributed by atoms with Crippen molar-refractivity contribution in [1.29, 1.82) is 0 Å². The number of pyridine rings is 1. The largest absolute Gasteiger partial charge is 0.574 e. The fourth-order valence-electron chi connectivity index (χ4n) is 0.833. The number of nitrogens with two attached hydrogens (primary N) is 1. The molecule has 0 spiro atoms. The minimum absolute atomic E-state index is 0.114. The number of hydrogen-bond acceptors (Lipinski definition) is 3. The maximum Gasteiger partial charge on any atom is 0.574 e. The average Bonchev–Trinajstić information content (AvgIpc) is 2.08. The molecular formula is C7H5BrClF3N2O. The lowest BCUT2D eigenvalue weighted by molar-refractivity contribution is -0.276.